The van der Waals surface area contributed by atoms with Gasteiger partial charge in [-0.2, -0.15) is 0 Å². The number of para-hydroxylation sites is 2. The minimum Gasteiger partial charge on any atom is -0.304 e. The van der Waals surface area contributed by atoms with Gasteiger partial charge in [-0.1, -0.05) is 78.9 Å². The molecule has 2 fully saturated rings. The van der Waals surface area contributed by atoms with Crippen LogP contribution in [-0.2, 0) is 14.4 Å². The molecule has 3 aliphatic rings. The lowest BCUT2D eigenvalue weighted by atomic mass is 9.64. The molecule has 0 saturated carbocycles. The van der Waals surface area contributed by atoms with Crippen LogP contribution < -0.4 is 9.80 Å². The fourth-order valence-corrected chi connectivity index (χ4v) is 5.88. The quantitative estimate of drug-likeness (QED) is 0.328. The van der Waals surface area contributed by atoms with Crippen LogP contribution >= 0.6 is 0 Å². The van der Waals surface area contributed by atoms with Gasteiger partial charge < -0.3 is 4.90 Å². The summed E-state index contributed by atoms with van der Waals surface area (Å²) in [6, 6.07) is 28.5. The van der Waals surface area contributed by atoms with E-state index in [9.17, 15) is 14.4 Å². The second kappa shape index (κ2) is 8.10. The van der Waals surface area contributed by atoms with Crippen LogP contribution in [0.1, 0.15) is 18.0 Å². The number of hydrogen-bond acceptors (Lipinski definition) is 3. The van der Waals surface area contributed by atoms with Gasteiger partial charge in [0.25, 0.3) is 0 Å². The first-order valence-corrected chi connectivity index (χ1v) is 11.7. The average molecular weight is 449 g/mol. The number of nitrogens with zero attached hydrogens (tertiary/aromatic N) is 2. The second-order valence-electron chi connectivity index (χ2n) is 9.15. The zero-order valence-corrected chi connectivity index (χ0v) is 18.5. The molecular formula is C29H24N2O3. The van der Waals surface area contributed by atoms with Gasteiger partial charge >= 0.3 is 0 Å². The molecular weight excluding hydrogens is 424 g/mol. The molecule has 168 valence electrons. The minimum atomic E-state index is -0.532. The van der Waals surface area contributed by atoms with E-state index in [0.717, 1.165) is 11.3 Å². The number of amides is 3. The van der Waals surface area contributed by atoms with Crippen molar-refractivity contribution in [2.75, 3.05) is 9.80 Å². The van der Waals surface area contributed by atoms with Crippen molar-refractivity contribution in [3.05, 3.63) is 109 Å². The molecule has 0 bridgehead atoms. The number of allylic oxidation sites excluding steroid dienone is 2. The molecule has 2 saturated heterocycles. The van der Waals surface area contributed by atoms with Crippen molar-refractivity contribution < 1.29 is 14.4 Å². The number of carbonyl (C=O) groups excluding carboxylic acids is 3. The van der Waals surface area contributed by atoms with Crippen molar-refractivity contribution in [3.63, 3.8) is 0 Å². The lowest BCUT2D eigenvalue weighted by Crippen LogP contribution is -2.59. The largest absolute Gasteiger partial charge is 0.304 e. The predicted molar refractivity (Wildman–Crippen MR) is 130 cm³/mol. The predicted octanol–water partition coefficient (Wildman–Crippen LogP) is 4.77. The summed E-state index contributed by atoms with van der Waals surface area (Å²) < 4.78 is 0. The van der Waals surface area contributed by atoms with E-state index in [-0.39, 0.29) is 29.7 Å². The smallest absolute Gasteiger partial charge is 0.238 e. The molecule has 3 aromatic rings. The van der Waals surface area contributed by atoms with E-state index >= 15 is 0 Å². The number of carbonyl (C=O) groups is 3. The van der Waals surface area contributed by atoms with Gasteiger partial charge in [0.2, 0.25) is 17.7 Å². The molecule has 0 aromatic heterocycles. The van der Waals surface area contributed by atoms with E-state index < -0.39 is 17.8 Å². The molecule has 2 heterocycles. The Hall–Kier alpha value is -3.99. The zero-order valence-electron chi connectivity index (χ0n) is 18.5. The summed E-state index contributed by atoms with van der Waals surface area (Å²) in [6.45, 7) is 0. The van der Waals surface area contributed by atoms with E-state index in [2.05, 4.69) is 0 Å². The Morgan fingerprint density at radius 2 is 1.21 bits per heavy atom. The number of imide groups is 1. The Morgan fingerprint density at radius 1 is 0.618 bits per heavy atom. The molecule has 5 atom stereocenters. The van der Waals surface area contributed by atoms with Gasteiger partial charge in [0.05, 0.1) is 29.5 Å². The van der Waals surface area contributed by atoms with Crippen molar-refractivity contribution in [2.45, 2.75) is 12.5 Å². The third-order valence-electron chi connectivity index (χ3n) is 7.39. The third-order valence-corrected chi connectivity index (χ3v) is 7.39. The number of hydrogen-bond donors (Lipinski definition) is 0. The summed E-state index contributed by atoms with van der Waals surface area (Å²) in [5, 5.41) is 0. The molecule has 6 rings (SSSR count). The highest BCUT2D eigenvalue weighted by Crippen LogP contribution is 2.53. The minimum absolute atomic E-state index is 0.00577. The van der Waals surface area contributed by atoms with Gasteiger partial charge in [-0.15, -0.1) is 0 Å². The van der Waals surface area contributed by atoms with E-state index in [0.29, 0.717) is 12.1 Å². The molecule has 34 heavy (non-hydrogen) atoms. The van der Waals surface area contributed by atoms with E-state index in [4.69, 9.17) is 0 Å². The van der Waals surface area contributed by atoms with E-state index in [1.54, 1.807) is 12.1 Å². The summed E-state index contributed by atoms with van der Waals surface area (Å²) in [5.41, 5.74) is 2.47. The zero-order chi connectivity index (χ0) is 23.2. The maximum absolute atomic E-state index is 13.7. The molecule has 5 nitrogen and oxygen atoms in total. The summed E-state index contributed by atoms with van der Waals surface area (Å²) >= 11 is 0. The third kappa shape index (κ3) is 3.04. The molecule has 0 unspecified atom stereocenters. The Balaban J connectivity index is 1.39. The van der Waals surface area contributed by atoms with E-state index in [1.807, 2.05) is 95.9 Å². The highest BCUT2D eigenvalue weighted by atomic mass is 16.2. The number of benzene rings is 3. The van der Waals surface area contributed by atoms with Gasteiger partial charge in [0, 0.05) is 11.6 Å². The molecule has 0 spiro atoms. The molecule has 3 amide bonds. The molecule has 1 aliphatic carbocycles. The summed E-state index contributed by atoms with van der Waals surface area (Å²) in [7, 11) is 0. The van der Waals surface area contributed by atoms with Crippen LogP contribution in [0.2, 0.25) is 0 Å². The van der Waals surface area contributed by atoms with Crippen molar-refractivity contribution >= 4 is 29.1 Å². The maximum Gasteiger partial charge on any atom is 0.238 e. The lowest BCUT2D eigenvalue weighted by Gasteiger charge is -2.51. The second-order valence-corrected chi connectivity index (χ2v) is 9.15. The van der Waals surface area contributed by atoms with Crippen molar-refractivity contribution in [3.8, 4) is 0 Å². The maximum atomic E-state index is 13.7. The number of anilines is 2. The van der Waals surface area contributed by atoms with Crippen LogP contribution in [0.3, 0.4) is 0 Å². The summed E-state index contributed by atoms with van der Waals surface area (Å²) in [4.78, 5) is 43.8. The van der Waals surface area contributed by atoms with Gasteiger partial charge in [-0.25, -0.2) is 0 Å². The Morgan fingerprint density at radius 3 is 1.85 bits per heavy atom. The molecule has 3 aromatic carbocycles. The number of β-lactam (4-membered cyclic amide) rings is 1. The topological polar surface area (TPSA) is 57.7 Å². The first kappa shape index (κ1) is 20.6. The monoisotopic (exact) mass is 448 g/mol. The molecule has 0 N–H and O–H groups in total. The molecule has 2 aliphatic heterocycles. The Labute approximate surface area is 198 Å². The van der Waals surface area contributed by atoms with Crippen molar-refractivity contribution in [1.82, 2.24) is 0 Å². The summed E-state index contributed by atoms with van der Waals surface area (Å²) in [6.07, 6.45) is 4.50. The molecule has 0 radical (unpaired) electrons. The first-order chi connectivity index (χ1) is 16.7. The van der Waals surface area contributed by atoms with Gasteiger partial charge in [-0.3, -0.25) is 19.3 Å². The van der Waals surface area contributed by atoms with Crippen LogP contribution in [0.4, 0.5) is 11.4 Å². The van der Waals surface area contributed by atoms with Crippen LogP contribution in [0.15, 0.2) is 103 Å². The number of fused-ring (bicyclic) bond motifs is 1. The fraction of sp³-hybridized carbons (Fsp3) is 0.207. The Kier molecular flexibility index (Phi) is 4.91. The van der Waals surface area contributed by atoms with Crippen LogP contribution in [-0.4, -0.2) is 17.7 Å². The lowest BCUT2D eigenvalue weighted by molar-refractivity contribution is -0.135. The van der Waals surface area contributed by atoms with Crippen LogP contribution in [0.25, 0.3) is 0 Å². The standard InChI is InChI=1S/C29H24N2O3/c32-27-23-18-10-17-22(24(23)28(33)31(27)21-15-8-3-9-16-21)25-26(19-11-4-1-5-12-19)30(29(25)34)20-13-6-2-7-14-20/h1-17,22-26H,18H2/t22-,23+,24-,25-,26-/m1/s1. The van der Waals surface area contributed by atoms with Crippen LogP contribution in [0, 0.1) is 23.7 Å². The fourth-order valence-electron chi connectivity index (χ4n) is 5.88. The molecule has 5 heteroatoms. The summed E-state index contributed by atoms with van der Waals surface area (Å²) in [5.74, 6) is -2.07. The highest BCUT2D eigenvalue weighted by molar-refractivity contribution is 6.22. The van der Waals surface area contributed by atoms with Crippen molar-refractivity contribution in [1.29, 1.82) is 0 Å². The number of rotatable bonds is 4. The van der Waals surface area contributed by atoms with E-state index in [1.165, 1.54) is 4.90 Å². The van der Waals surface area contributed by atoms with Gasteiger partial charge in [-0.05, 0) is 36.2 Å². The van der Waals surface area contributed by atoms with Gasteiger partial charge in [0.1, 0.15) is 0 Å². The Bertz CT molecular complexity index is 1270. The first-order valence-electron chi connectivity index (χ1n) is 11.7. The van der Waals surface area contributed by atoms with Crippen molar-refractivity contribution in [2.24, 2.45) is 23.7 Å². The highest BCUT2D eigenvalue weighted by Gasteiger charge is 2.60. The SMILES string of the molecule is O=C1[C@@H]2[C@H]([C@H]3C(=O)N(c4ccccc4)[C@@H]3c3ccccc3)C=CC[C@@H]2C(=O)N1c1ccccc1. The van der Waals surface area contributed by atoms with Crippen LogP contribution in [0.5, 0.6) is 0 Å². The van der Waals surface area contributed by atoms with Gasteiger partial charge in [0.15, 0.2) is 0 Å². The normalized spacial score (nSPS) is 28.1. The average Bonchev–Trinajstić information content (AvgIpc) is 3.14.